The lowest BCUT2D eigenvalue weighted by Crippen LogP contribution is -2.39. The van der Waals surface area contributed by atoms with Crippen LogP contribution >= 0.6 is 0 Å². The predicted molar refractivity (Wildman–Crippen MR) is 97.6 cm³/mol. The van der Waals surface area contributed by atoms with Gasteiger partial charge in [-0.05, 0) is 66.7 Å². The van der Waals surface area contributed by atoms with Crippen LogP contribution in [-0.2, 0) is 14.3 Å². The van der Waals surface area contributed by atoms with E-state index in [0.29, 0.717) is 13.0 Å². The minimum atomic E-state index is -0.505. The summed E-state index contributed by atoms with van der Waals surface area (Å²) in [5.41, 5.74) is -0.990. The fraction of sp³-hybridized carbons (Fsp3) is 0.950. The summed E-state index contributed by atoms with van der Waals surface area (Å²) in [6.45, 7) is 21.2. The topological polar surface area (TPSA) is 35.5 Å². The lowest BCUT2D eigenvalue weighted by molar-refractivity contribution is -0.171. The van der Waals surface area contributed by atoms with E-state index in [1.807, 2.05) is 48.5 Å². The molecule has 3 nitrogen and oxygen atoms in total. The molecule has 0 spiro atoms. The third-order valence-electron chi connectivity index (χ3n) is 4.01. The summed E-state index contributed by atoms with van der Waals surface area (Å²) in [4.78, 5) is 12.7. The molecule has 0 radical (unpaired) electrons. The molecule has 138 valence electrons. The largest absolute Gasteiger partial charge is 0.459 e. The van der Waals surface area contributed by atoms with Gasteiger partial charge in [-0.1, -0.05) is 27.2 Å². The van der Waals surface area contributed by atoms with Gasteiger partial charge in [-0.3, -0.25) is 4.79 Å². The van der Waals surface area contributed by atoms with E-state index in [1.54, 1.807) is 0 Å². The lowest BCUT2D eigenvalue weighted by Gasteiger charge is -2.36. The Morgan fingerprint density at radius 2 is 1.39 bits per heavy atom. The average Bonchev–Trinajstić information content (AvgIpc) is 2.23. The number of rotatable bonds is 9. The van der Waals surface area contributed by atoms with Gasteiger partial charge in [-0.25, -0.2) is 0 Å². The Morgan fingerprint density at radius 1 is 0.870 bits per heavy atom. The molecule has 0 saturated carbocycles. The van der Waals surface area contributed by atoms with Gasteiger partial charge in [0.25, 0.3) is 0 Å². The molecule has 0 fully saturated rings. The summed E-state index contributed by atoms with van der Waals surface area (Å²) in [5.74, 6) is -0.109. The number of ether oxygens (including phenoxy) is 2. The summed E-state index contributed by atoms with van der Waals surface area (Å²) in [6.07, 6.45) is 3.78. The van der Waals surface area contributed by atoms with Crippen LogP contribution < -0.4 is 0 Å². The quantitative estimate of drug-likeness (QED) is 0.505. The van der Waals surface area contributed by atoms with Gasteiger partial charge in [0.2, 0.25) is 0 Å². The summed E-state index contributed by atoms with van der Waals surface area (Å²) >= 11 is 0. The molecule has 0 aromatic heterocycles. The van der Waals surface area contributed by atoms with Crippen LogP contribution in [-0.4, -0.2) is 23.8 Å². The van der Waals surface area contributed by atoms with Crippen LogP contribution in [0.3, 0.4) is 0 Å². The highest BCUT2D eigenvalue weighted by Gasteiger charge is 2.38. The minimum absolute atomic E-state index is 0.109. The van der Waals surface area contributed by atoms with Gasteiger partial charge >= 0.3 is 5.97 Å². The maximum atomic E-state index is 12.7. The molecule has 23 heavy (non-hydrogen) atoms. The molecule has 0 unspecified atom stereocenters. The summed E-state index contributed by atoms with van der Waals surface area (Å²) < 4.78 is 11.6. The summed E-state index contributed by atoms with van der Waals surface area (Å²) in [5, 5.41) is 0. The lowest BCUT2D eigenvalue weighted by atomic mass is 9.73. The molecule has 0 heterocycles. The molecule has 3 heteroatoms. The fourth-order valence-electron chi connectivity index (χ4n) is 3.08. The first-order valence-electron chi connectivity index (χ1n) is 8.98. The first-order valence-corrected chi connectivity index (χ1v) is 8.98. The Morgan fingerprint density at radius 3 is 1.83 bits per heavy atom. The first kappa shape index (κ1) is 22.4. The molecule has 0 atom stereocenters. The van der Waals surface area contributed by atoms with Crippen molar-refractivity contribution in [2.75, 3.05) is 6.61 Å². The van der Waals surface area contributed by atoms with Crippen LogP contribution in [0.15, 0.2) is 0 Å². The van der Waals surface area contributed by atoms with Crippen LogP contribution in [0.5, 0.6) is 0 Å². The molecule has 0 N–H and O–H groups in total. The minimum Gasteiger partial charge on any atom is -0.459 e. The van der Waals surface area contributed by atoms with Crippen LogP contribution in [0.4, 0.5) is 0 Å². The van der Waals surface area contributed by atoms with Gasteiger partial charge in [0.15, 0.2) is 0 Å². The van der Waals surface area contributed by atoms with Crippen LogP contribution in [0.1, 0.15) is 94.9 Å². The van der Waals surface area contributed by atoms with Crippen molar-refractivity contribution in [3.63, 3.8) is 0 Å². The second-order valence-corrected chi connectivity index (χ2v) is 9.83. The Hall–Kier alpha value is -0.570. The molecule has 0 aromatic carbocycles. The molecular weight excluding hydrogens is 288 g/mol. The first-order chi connectivity index (χ1) is 10.1. The maximum absolute atomic E-state index is 12.7. The Bertz CT molecular complexity index is 373. The normalized spacial score (nSPS) is 14.0. The molecule has 0 bridgehead atoms. The molecule has 0 amide bonds. The van der Waals surface area contributed by atoms with Crippen LogP contribution in [0.2, 0.25) is 0 Å². The molecule has 0 saturated heterocycles. The molecule has 0 aliphatic carbocycles. The van der Waals surface area contributed by atoms with E-state index in [9.17, 15) is 4.79 Å². The van der Waals surface area contributed by atoms with Crippen molar-refractivity contribution in [2.45, 2.75) is 106 Å². The van der Waals surface area contributed by atoms with Gasteiger partial charge in [0.05, 0.1) is 17.6 Å². The van der Waals surface area contributed by atoms with Crippen molar-refractivity contribution in [2.24, 2.45) is 10.8 Å². The Labute approximate surface area is 144 Å². The van der Waals surface area contributed by atoms with Crippen molar-refractivity contribution in [1.29, 1.82) is 0 Å². The zero-order valence-electron chi connectivity index (χ0n) is 17.3. The van der Waals surface area contributed by atoms with E-state index >= 15 is 0 Å². The van der Waals surface area contributed by atoms with Crippen molar-refractivity contribution in [3.8, 4) is 0 Å². The third kappa shape index (κ3) is 10.0. The smallest absolute Gasteiger partial charge is 0.312 e. The van der Waals surface area contributed by atoms with Gasteiger partial charge in [-0.2, -0.15) is 0 Å². The Kier molecular flexibility index (Phi) is 7.81. The molecule has 0 aliphatic heterocycles. The highest BCUT2D eigenvalue weighted by atomic mass is 16.6. The van der Waals surface area contributed by atoms with Gasteiger partial charge in [0, 0.05) is 6.42 Å². The second-order valence-electron chi connectivity index (χ2n) is 9.83. The van der Waals surface area contributed by atoms with E-state index in [4.69, 9.17) is 9.47 Å². The predicted octanol–water partition coefficient (Wildman–Crippen LogP) is 5.76. The van der Waals surface area contributed by atoms with E-state index in [0.717, 1.165) is 19.3 Å². The van der Waals surface area contributed by atoms with Crippen LogP contribution in [0.25, 0.3) is 0 Å². The summed E-state index contributed by atoms with van der Waals surface area (Å²) in [6, 6.07) is 0. The van der Waals surface area contributed by atoms with Crippen molar-refractivity contribution in [1.82, 2.24) is 0 Å². The fourth-order valence-corrected chi connectivity index (χ4v) is 3.08. The van der Waals surface area contributed by atoms with E-state index in [-0.39, 0.29) is 17.0 Å². The number of esters is 1. The summed E-state index contributed by atoms with van der Waals surface area (Å²) in [7, 11) is 0. The Balaban J connectivity index is 4.64. The van der Waals surface area contributed by atoms with Crippen molar-refractivity contribution in [3.05, 3.63) is 0 Å². The van der Waals surface area contributed by atoms with Gasteiger partial charge < -0.3 is 9.47 Å². The number of carbonyl (C=O) groups is 1. The van der Waals surface area contributed by atoms with Gasteiger partial charge in [-0.15, -0.1) is 0 Å². The second kappa shape index (κ2) is 8.00. The number of hydrogen-bond donors (Lipinski definition) is 0. The molecular formula is C20H40O3. The van der Waals surface area contributed by atoms with E-state index < -0.39 is 11.0 Å². The molecule has 0 aliphatic rings. The molecule has 0 aromatic rings. The average molecular weight is 329 g/mol. The highest BCUT2D eigenvalue weighted by Crippen LogP contribution is 2.38. The van der Waals surface area contributed by atoms with Crippen LogP contribution in [0, 0.1) is 10.8 Å². The van der Waals surface area contributed by atoms with E-state index in [1.165, 1.54) is 0 Å². The van der Waals surface area contributed by atoms with Crippen molar-refractivity contribution >= 4 is 5.97 Å². The van der Waals surface area contributed by atoms with Gasteiger partial charge in [0.1, 0.15) is 5.60 Å². The third-order valence-corrected chi connectivity index (χ3v) is 4.01. The SMILES string of the molecule is CCCC(C)(C)CC(C)(C)C(=O)OC(C)(C)CCOC(C)(C)C. The maximum Gasteiger partial charge on any atom is 0.312 e. The van der Waals surface area contributed by atoms with Crippen molar-refractivity contribution < 1.29 is 14.3 Å². The highest BCUT2D eigenvalue weighted by molar-refractivity contribution is 5.76. The van der Waals surface area contributed by atoms with E-state index in [2.05, 4.69) is 20.8 Å². The standard InChI is InChI=1S/C20H40O3/c1-11-12-18(5,6)15-19(7,8)16(21)23-20(9,10)13-14-22-17(2,3)4/h11-15H2,1-10H3. The number of carbonyl (C=O) groups excluding carboxylic acids is 1. The molecule has 0 rings (SSSR count). The number of hydrogen-bond acceptors (Lipinski definition) is 3. The monoisotopic (exact) mass is 328 g/mol. The zero-order valence-corrected chi connectivity index (χ0v) is 17.3. The zero-order chi connectivity index (χ0) is 18.5.